The summed E-state index contributed by atoms with van der Waals surface area (Å²) in [5, 5.41) is 7.22. The van der Waals surface area contributed by atoms with E-state index in [2.05, 4.69) is 15.2 Å². The van der Waals surface area contributed by atoms with E-state index in [1.807, 2.05) is 49.4 Å². The van der Waals surface area contributed by atoms with Gasteiger partial charge in [-0.05, 0) is 30.5 Å². The molecule has 0 radical (unpaired) electrons. The number of aromatic nitrogens is 5. The summed E-state index contributed by atoms with van der Waals surface area (Å²) in [6.07, 6.45) is 2.45. The fourth-order valence-electron chi connectivity index (χ4n) is 3.02. The number of nitrogens with zero attached hydrogens (tertiary/aromatic N) is 4. The zero-order valence-corrected chi connectivity index (χ0v) is 16.1. The molecule has 0 fully saturated rings. The maximum Gasteiger partial charge on any atom is 0.343 e. The van der Waals surface area contributed by atoms with Crippen LogP contribution in [-0.4, -0.2) is 24.1 Å². The number of H-pyrrole nitrogens is 1. The van der Waals surface area contributed by atoms with E-state index in [-0.39, 0.29) is 11.2 Å². The van der Waals surface area contributed by atoms with E-state index in [4.69, 9.17) is 0 Å². The van der Waals surface area contributed by atoms with Crippen LogP contribution in [0.2, 0.25) is 0 Å². The van der Waals surface area contributed by atoms with Gasteiger partial charge in [0.1, 0.15) is 5.65 Å². The smallest absolute Gasteiger partial charge is 0.270 e. The Morgan fingerprint density at radius 1 is 1.11 bits per heavy atom. The summed E-state index contributed by atoms with van der Waals surface area (Å²) in [5.74, 6) is 0.454. The SMILES string of the molecule is Cc1cccn2c(=O)cc(CSc3n[nH]c(=O)n3CCc3ccccc3)nc12. The lowest BCUT2D eigenvalue weighted by Crippen LogP contribution is -2.19. The summed E-state index contributed by atoms with van der Waals surface area (Å²) in [4.78, 5) is 29.0. The van der Waals surface area contributed by atoms with Crippen molar-refractivity contribution in [1.82, 2.24) is 24.1 Å². The van der Waals surface area contributed by atoms with Gasteiger partial charge in [0.05, 0.1) is 5.69 Å². The topological polar surface area (TPSA) is 85.0 Å². The van der Waals surface area contributed by atoms with E-state index in [0.717, 1.165) is 17.5 Å². The van der Waals surface area contributed by atoms with Crippen molar-refractivity contribution in [2.24, 2.45) is 0 Å². The highest BCUT2D eigenvalue weighted by Crippen LogP contribution is 2.19. The molecule has 0 spiro atoms. The van der Waals surface area contributed by atoms with Crippen molar-refractivity contribution < 1.29 is 0 Å². The summed E-state index contributed by atoms with van der Waals surface area (Å²) in [5.41, 5.74) is 3.05. The Morgan fingerprint density at radius 2 is 1.93 bits per heavy atom. The Kier molecular flexibility index (Phi) is 5.12. The van der Waals surface area contributed by atoms with Gasteiger partial charge in [0, 0.05) is 24.6 Å². The van der Waals surface area contributed by atoms with Gasteiger partial charge in [-0.1, -0.05) is 48.2 Å². The average molecular weight is 393 g/mol. The number of hydrogen-bond acceptors (Lipinski definition) is 5. The van der Waals surface area contributed by atoms with E-state index in [1.165, 1.54) is 22.2 Å². The monoisotopic (exact) mass is 393 g/mol. The number of thioether (sulfide) groups is 1. The lowest BCUT2D eigenvalue weighted by Gasteiger charge is -2.07. The number of nitrogens with one attached hydrogen (secondary N) is 1. The molecular formula is C20H19N5O2S. The number of rotatable bonds is 6. The molecule has 0 bridgehead atoms. The molecule has 0 amide bonds. The molecule has 0 aliphatic carbocycles. The summed E-state index contributed by atoms with van der Waals surface area (Å²) < 4.78 is 3.16. The first-order valence-corrected chi connectivity index (χ1v) is 9.90. The zero-order valence-electron chi connectivity index (χ0n) is 15.3. The lowest BCUT2D eigenvalue weighted by molar-refractivity contribution is 0.616. The normalized spacial score (nSPS) is 11.2. The Balaban J connectivity index is 1.53. The maximum absolute atomic E-state index is 12.3. The number of aromatic amines is 1. The van der Waals surface area contributed by atoms with E-state index in [0.29, 0.717) is 28.8 Å². The summed E-state index contributed by atoms with van der Waals surface area (Å²) in [6, 6.07) is 15.3. The van der Waals surface area contributed by atoms with Crippen molar-refractivity contribution >= 4 is 17.4 Å². The Morgan fingerprint density at radius 3 is 2.75 bits per heavy atom. The van der Waals surface area contributed by atoms with Crippen molar-refractivity contribution in [1.29, 1.82) is 0 Å². The van der Waals surface area contributed by atoms with Crippen molar-refractivity contribution in [2.75, 3.05) is 0 Å². The van der Waals surface area contributed by atoms with Gasteiger partial charge in [-0.3, -0.25) is 13.8 Å². The minimum Gasteiger partial charge on any atom is -0.270 e. The second-order valence-corrected chi connectivity index (χ2v) is 7.40. The number of fused-ring (bicyclic) bond motifs is 1. The van der Waals surface area contributed by atoms with Crippen LogP contribution < -0.4 is 11.2 Å². The largest absolute Gasteiger partial charge is 0.343 e. The van der Waals surface area contributed by atoms with Crippen LogP contribution >= 0.6 is 11.8 Å². The number of hydrogen-bond donors (Lipinski definition) is 1. The van der Waals surface area contributed by atoms with E-state index in [9.17, 15) is 9.59 Å². The fourth-order valence-corrected chi connectivity index (χ4v) is 3.88. The first-order valence-electron chi connectivity index (χ1n) is 8.91. The molecule has 0 aliphatic rings. The Labute approximate surface area is 165 Å². The number of pyridine rings is 1. The second kappa shape index (κ2) is 7.85. The zero-order chi connectivity index (χ0) is 19.5. The minimum absolute atomic E-state index is 0.118. The number of benzene rings is 1. The minimum atomic E-state index is -0.235. The molecule has 3 aromatic heterocycles. The number of aryl methyl sites for hydroxylation is 2. The summed E-state index contributed by atoms with van der Waals surface area (Å²) >= 11 is 1.39. The van der Waals surface area contributed by atoms with Crippen LogP contribution in [0.5, 0.6) is 0 Å². The highest BCUT2D eigenvalue weighted by atomic mass is 32.2. The third kappa shape index (κ3) is 3.77. The predicted molar refractivity (Wildman–Crippen MR) is 109 cm³/mol. The van der Waals surface area contributed by atoms with E-state index < -0.39 is 0 Å². The van der Waals surface area contributed by atoms with Crippen LogP contribution in [-0.2, 0) is 18.7 Å². The van der Waals surface area contributed by atoms with Crippen LogP contribution in [0.1, 0.15) is 16.8 Å². The molecule has 4 aromatic rings. The fraction of sp³-hybridized carbons (Fsp3) is 0.200. The molecule has 0 aliphatic heterocycles. The maximum atomic E-state index is 12.3. The predicted octanol–water partition coefficient (Wildman–Crippen LogP) is 2.42. The van der Waals surface area contributed by atoms with Crippen molar-refractivity contribution in [3.8, 4) is 0 Å². The molecule has 142 valence electrons. The van der Waals surface area contributed by atoms with Crippen LogP contribution in [0.25, 0.3) is 5.65 Å². The third-order valence-corrected chi connectivity index (χ3v) is 5.49. The van der Waals surface area contributed by atoms with E-state index >= 15 is 0 Å². The Bertz CT molecular complexity index is 1230. The molecule has 7 nitrogen and oxygen atoms in total. The standard InChI is InChI=1S/C20H19N5O2S/c1-14-6-5-10-24-17(26)12-16(21-18(14)24)13-28-20-23-22-19(27)25(20)11-9-15-7-3-2-4-8-15/h2-8,10,12H,9,11,13H2,1H3,(H,22,27). The van der Waals surface area contributed by atoms with Crippen LogP contribution in [0.15, 0.2) is 69.5 Å². The Hall–Kier alpha value is -3.13. The molecule has 0 atom stereocenters. The van der Waals surface area contributed by atoms with Crippen LogP contribution in [0.4, 0.5) is 0 Å². The average Bonchev–Trinajstić information content (AvgIpc) is 3.06. The van der Waals surface area contributed by atoms with Gasteiger partial charge in [-0.15, -0.1) is 5.10 Å². The first kappa shape index (κ1) is 18.2. The lowest BCUT2D eigenvalue weighted by atomic mass is 10.1. The molecule has 8 heteroatoms. The van der Waals surface area contributed by atoms with Crippen molar-refractivity contribution in [3.63, 3.8) is 0 Å². The van der Waals surface area contributed by atoms with Crippen molar-refractivity contribution in [2.45, 2.75) is 30.8 Å². The third-order valence-electron chi connectivity index (χ3n) is 4.48. The molecule has 0 saturated heterocycles. The van der Waals surface area contributed by atoms with Gasteiger partial charge in [0.15, 0.2) is 5.16 Å². The molecule has 4 rings (SSSR count). The van der Waals surface area contributed by atoms with Crippen molar-refractivity contribution in [3.05, 3.63) is 92.4 Å². The van der Waals surface area contributed by atoms with Gasteiger partial charge >= 0.3 is 5.69 Å². The van der Waals surface area contributed by atoms with Gasteiger partial charge in [-0.25, -0.2) is 14.9 Å². The molecule has 3 heterocycles. The highest BCUT2D eigenvalue weighted by molar-refractivity contribution is 7.98. The first-order chi connectivity index (χ1) is 13.6. The second-order valence-electron chi connectivity index (χ2n) is 6.46. The van der Waals surface area contributed by atoms with Gasteiger partial charge in [0.2, 0.25) is 0 Å². The molecule has 0 unspecified atom stereocenters. The summed E-state index contributed by atoms with van der Waals surface area (Å²) in [6.45, 7) is 2.46. The molecule has 1 N–H and O–H groups in total. The van der Waals surface area contributed by atoms with Gasteiger partial charge in [-0.2, -0.15) is 0 Å². The van der Waals surface area contributed by atoms with E-state index in [1.54, 1.807) is 10.8 Å². The molecule has 28 heavy (non-hydrogen) atoms. The van der Waals surface area contributed by atoms with Crippen LogP contribution in [0.3, 0.4) is 0 Å². The molecular weight excluding hydrogens is 374 g/mol. The highest BCUT2D eigenvalue weighted by Gasteiger charge is 2.11. The molecule has 0 saturated carbocycles. The molecule has 1 aromatic carbocycles. The van der Waals surface area contributed by atoms with Gasteiger partial charge < -0.3 is 0 Å². The summed E-state index contributed by atoms with van der Waals surface area (Å²) in [7, 11) is 0. The van der Waals surface area contributed by atoms with Crippen LogP contribution in [0, 0.1) is 6.92 Å². The quantitative estimate of drug-likeness (QED) is 0.509. The van der Waals surface area contributed by atoms with Gasteiger partial charge in [0.25, 0.3) is 5.56 Å².